The Bertz CT molecular complexity index is 586. The molecule has 3 nitrogen and oxygen atoms in total. The zero-order valence-corrected chi connectivity index (χ0v) is 12.9. The number of Topliss-reactive ketones (excluding diaryl/α,β-unsaturated/α-hetero) is 1. The lowest BCUT2D eigenvalue weighted by molar-refractivity contribution is -0.120. The van der Waals surface area contributed by atoms with Crippen molar-refractivity contribution in [2.45, 2.75) is 38.1 Å². The maximum Gasteiger partial charge on any atom is 0.156 e. The average molecular weight is 300 g/mol. The summed E-state index contributed by atoms with van der Waals surface area (Å²) >= 11 is 1.58. The van der Waals surface area contributed by atoms with Crippen molar-refractivity contribution in [1.29, 1.82) is 0 Å². The number of nitrogens with zero attached hydrogens (tertiary/aromatic N) is 1. The van der Waals surface area contributed by atoms with Crippen molar-refractivity contribution in [1.82, 2.24) is 10.3 Å². The monoisotopic (exact) mass is 300 g/mol. The van der Waals surface area contributed by atoms with Crippen molar-refractivity contribution in [3.63, 3.8) is 0 Å². The molecule has 1 aliphatic rings. The SMILES string of the molecule is O=C(Cc1nc(-c2ccccc2)cs1)C1CCCCCN1. The largest absolute Gasteiger partial charge is 0.307 e. The molecule has 1 saturated heterocycles. The number of carbonyl (C=O) groups excluding carboxylic acids is 1. The molecule has 4 heteroatoms. The molecule has 0 bridgehead atoms. The zero-order valence-electron chi connectivity index (χ0n) is 12.0. The first-order chi connectivity index (χ1) is 10.3. The highest BCUT2D eigenvalue weighted by atomic mass is 32.1. The first-order valence-corrected chi connectivity index (χ1v) is 8.47. The Hall–Kier alpha value is -1.52. The molecule has 0 aliphatic carbocycles. The van der Waals surface area contributed by atoms with Gasteiger partial charge < -0.3 is 5.32 Å². The van der Waals surface area contributed by atoms with Crippen molar-refractivity contribution in [2.24, 2.45) is 0 Å². The van der Waals surface area contributed by atoms with Crippen LogP contribution in [0.15, 0.2) is 35.7 Å². The van der Waals surface area contributed by atoms with Crippen LogP contribution in [-0.2, 0) is 11.2 Å². The van der Waals surface area contributed by atoms with Gasteiger partial charge >= 0.3 is 0 Å². The average Bonchev–Trinajstić information content (AvgIpc) is 2.81. The summed E-state index contributed by atoms with van der Waals surface area (Å²) in [6, 6.07) is 10.1. The van der Waals surface area contributed by atoms with E-state index < -0.39 is 0 Å². The number of hydrogen-bond donors (Lipinski definition) is 1. The number of aromatic nitrogens is 1. The van der Waals surface area contributed by atoms with Gasteiger partial charge in [0.15, 0.2) is 5.78 Å². The maximum absolute atomic E-state index is 12.4. The van der Waals surface area contributed by atoms with Gasteiger partial charge in [0.25, 0.3) is 0 Å². The van der Waals surface area contributed by atoms with Gasteiger partial charge in [0.05, 0.1) is 18.2 Å². The molecule has 0 amide bonds. The first-order valence-electron chi connectivity index (χ1n) is 7.59. The minimum Gasteiger partial charge on any atom is -0.307 e. The molecule has 1 aromatic heterocycles. The highest BCUT2D eigenvalue weighted by Crippen LogP contribution is 2.22. The Kier molecular flexibility index (Phi) is 4.78. The topological polar surface area (TPSA) is 42.0 Å². The van der Waals surface area contributed by atoms with Gasteiger partial charge in [-0.05, 0) is 19.4 Å². The van der Waals surface area contributed by atoms with Crippen molar-refractivity contribution < 1.29 is 4.79 Å². The molecule has 2 heterocycles. The molecule has 1 atom stereocenters. The van der Waals surface area contributed by atoms with E-state index in [1.807, 2.05) is 35.7 Å². The summed E-state index contributed by atoms with van der Waals surface area (Å²) in [7, 11) is 0. The molecule has 1 fully saturated rings. The van der Waals surface area contributed by atoms with Crippen LogP contribution < -0.4 is 5.32 Å². The van der Waals surface area contributed by atoms with Crippen LogP contribution in [0.1, 0.15) is 30.7 Å². The van der Waals surface area contributed by atoms with Crippen LogP contribution >= 0.6 is 11.3 Å². The number of carbonyl (C=O) groups is 1. The predicted octanol–water partition coefficient (Wildman–Crippen LogP) is 3.45. The minimum absolute atomic E-state index is 0.0246. The third-order valence-electron chi connectivity index (χ3n) is 3.90. The molecule has 3 rings (SSSR count). The van der Waals surface area contributed by atoms with Gasteiger partial charge in [0.2, 0.25) is 0 Å². The van der Waals surface area contributed by atoms with Crippen molar-refractivity contribution in [3.05, 3.63) is 40.7 Å². The van der Waals surface area contributed by atoms with Crippen LogP contribution in [0.4, 0.5) is 0 Å². The van der Waals surface area contributed by atoms with Crippen LogP contribution in [-0.4, -0.2) is 23.4 Å². The number of rotatable bonds is 4. The van der Waals surface area contributed by atoms with E-state index in [-0.39, 0.29) is 11.8 Å². The van der Waals surface area contributed by atoms with Gasteiger partial charge in [-0.1, -0.05) is 43.2 Å². The van der Waals surface area contributed by atoms with Crippen molar-refractivity contribution >= 4 is 17.1 Å². The number of thiazole rings is 1. The van der Waals surface area contributed by atoms with Gasteiger partial charge in [-0.15, -0.1) is 11.3 Å². The molecule has 0 radical (unpaired) electrons. The summed E-state index contributed by atoms with van der Waals surface area (Å²) in [6.07, 6.45) is 4.98. The summed E-state index contributed by atoms with van der Waals surface area (Å²) in [5.74, 6) is 0.283. The molecule has 1 N–H and O–H groups in total. The third-order valence-corrected chi connectivity index (χ3v) is 4.74. The summed E-state index contributed by atoms with van der Waals surface area (Å²) in [6.45, 7) is 0.962. The minimum atomic E-state index is 0.0246. The second-order valence-electron chi connectivity index (χ2n) is 5.49. The van der Waals surface area contributed by atoms with E-state index in [2.05, 4.69) is 10.3 Å². The fourth-order valence-electron chi connectivity index (χ4n) is 2.71. The molecular weight excluding hydrogens is 280 g/mol. The quantitative estimate of drug-likeness (QED) is 0.940. The third kappa shape index (κ3) is 3.77. The zero-order chi connectivity index (χ0) is 14.5. The molecular formula is C17H20N2OS. The van der Waals surface area contributed by atoms with E-state index in [1.165, 1.54) is 12.8 Å². The highest BCUT2D eigenvalue weighted by molar-refractivity contribution is 7.10. The number of nitrogens with one attached hydrogen (secondary N) is 1. The van der Waals surface area contributed by atoms with E-state index in [0.29, 0.717) is 6.42 Å². The Morgan fingerprint density at radius 2 is 2.10 bits per heavy atom. The first kappa shape index (κ1) is 14.4. The Morgan fingerprint density at radius 3 is 2.95 bits per heavy atom. The number of hydrogen-bond acceptors (Lipinski definition) is 4. The van der Waals surface area contributed by atoms with Crippen LogP contribution in [0.3, 0.4) is 0 Å². The lowest BCUT2D eigenvalue weighted by atomic mass is 10.0. The smallest absolute Gasteiger partial charge is 0.156 e. The van der Waals surface area contributed by atoms with Crippen LogP contribution in [0.5, 0.6) is 0 Å². The van der Waals surface area contributed by atoms with Gasteiger partial charge in [-0.25, -0.2) is 4.98 Å². The van der Waals surface area contributed by atoms with Crippen LogP contribution in [0.25, 0.3) is 11.3 Å². The summed E-state index contributed by atoms with van der Waals surface area (Å²) < 4.78 is 0. The molecule has 0 spiro atoms. The maximum atomic E-state index is 12.4. The number of benzene rings is 1. The van der Waals surface area contributed by atoms with E-state index in [9.17, 15) is 4.79 Å². The molecule has 0 saturated carbocycles. The summed E-state index contributed by atoms with van der Waals surface area (Å²) in [5, 5.41) is 6.33. The highest BCUT2D eigenvalue weighted by Gasteiger charge is 2.20. The summed E-state index contributed by atoms with van der Waals surface area (Å²) in [5.41, 5.74) is 2.08. The van der Waals surface area contributed by atoms with Crippen LogP contribution in [0.2, 0.25) is 0 Å². The molecule has 1 unspecified atom stereocenters. The van der Waals surface area contributed by atoms with E-state index in [1.54, 1.807) is 11.3 Å². The van der Waals surface area contributed by atoms with Crippen LogP contribution in [0, 0.1) is 0 Å². The predicted molar refractivity (Wildman–Crippen MR) is 86.5 cm³/mol. The van der Waals surface area contributed by atoms with Crippen molar-refractivity contribution in [3.8, 4) is 11.3 Å². The number of ketones is 1. The fraction of sp³-hybridized carbons (Fsp3) is 0.412. The Morgan fingerprint density at radius 1 is 1.24 bits per heavy atom. The van der Waals surface area contributed by atoms with Gasteiger partial charge in [0, 0.05) is 10.9 Å². The molecule has 110 valence electrons. The van der Waals surface area contributed by atoms with E-state index in [0.717, 1.165) is 35.7 Å². The van der Waals surface area contributed by atoms with Crippen molar-refractivity contribution in [2.75, 3.05) is 6.54 Å². The van der Waals surface area contributed by atoms with E-state index >= 15 is 0 Å². The second-order valence-corrected chi connectivity index (χ2v) is 6.43. The van der Waals surface area contributed by atoms with Gasteiger partial charge in [-0.2, -0.15) is 0 Å². The molecule has 1 aliphatic heterocycles. The van der Waals surface area contributed by atoms with E-state index in [4.69, 9.17) is 0 Å². The summed E-state index contributed by atoms with van der Waals surface area (Å²) in [4.78, 5) is 17.0. The fourth-order valence-corrected chi connectivity index (χ4v) is 3.52. The molecule has 1 aromatic carbocycles. The second kappa shape index (κ2) is 6.96. The molecule has 21 heavy (non-hydrogen) atoms. The molecule has 2 aromatic rings. The van der Waals surface area contributed by atoms with Gasteiger partial charge in [0.1, 0.15) is 5.01 Å². The Balaban J connectivity index is 1.65. The van der Waals surface area contributed by atoms with Gasteiger partial charge in [-0.3, -0.25) is 4.79 Å². The lowest BCUT2D eigenvalue weighted by Crippen LogP contribution is -2.36. The lowest BCUT2D eigenvalue weighted by Gasteiger charge is -2.13. The standard InChI is InChI=1S/C17H20N2OS/c20-16(14-9-5-2-6-10-18-14)11-17-19-15(12-21-17)13-7-3-1-4-8-13/h1,3-4,7-8,12,14,18H,2,5-6,9-11H2. The Labute approximate surface area is 129 Å². The normalized spacial score (nSPS) is 19.1.